The van der Waals surface area contributed by atoms with Gasteiger partial charge in [-0.25, -0.2) is 9.78 Å². The maximum absolute atomic E-state index is 12.5. The number of amides is 2. The fraction of sp³-hybridized carbons (Fsp3) is 0.375. The number of aryl methyl sites for hydroxylation is 1. The lowest BCUT2D eigenvalue weighted by Crippen LogP contribution is -2.33. The highest BCUT2D eigenvalue weighted by atomic mass is 16.5. The molecule has 1 aromatic heterocycles. The van der Waals surface area contributed by atoms with Gasteiger partial charge in [0.2, 0.25) is 11.8 Å². The summed E-state index contributed by atoms with van der Waals surface area (Å²) in [6, 6.07) is 7.36. The highest BCUT2D eigenvalue weighted by Gasteiger charge is 2.46. The van der Waals surface area contributed by atoms with Crippen LogP contribution < -0.4 is 0 Å². The monoisotopic (exact) mass is 436 g/mol. The van der Waals surface area contributed by atoms with E-state index in [2.05, 4.69) is 4.98 Å². The van der Waals surface area contributed by atoms with Crippen LogP contribution in [0.2, 0.25) is 0 Å². The lowest BCUT2D eigenvalue weighted by atomic mass is 9.85. The molecule has 0 bridgehead atoms. The van der Waals surface area contributed by atoms with Gasteiger partial charge in [-0.3, -0.25) is 19.3 Å². The van der Waals surface area contributed by atoms with Crippen molar-refractivity contribution < 1.29 is 28.7 Å². The number of likely N-dealkylation sites (tertiary alicyclic amines) is 1. The number of ether oxygens (including phenoxy) is 2. The van der Waals surface area contributed by atoms with Gasteiger partial charge in [0.25, 0.3) is 0 Å². The molecule has 2 aliphatic rings. The summed E-state index contributed by atoms with van der Waals surface area (Å²) in [5.74, 6) is -2.24. The minimum atomic E-state index is -0.581. The number of pyridine rings is 1. The first-order valence-corrected chi connectivity index (χ1v) is 10.5. The number of aromatic nitrogens is 1. The first-order chi connectivity index (χ1) is 15.4. The summed E-state index contributed by atoms with van der Waals surface area (Å²) in [6.45, 7) is 1.56. The number of benzene rings is 1. The molecule has 1 aliphatic carbocycles. The number of hydrogen-bond acceptors (Lipinski definition) is 7. The van der Waals surface area contributed by atoms with Gasteiger partial charge in [0.1, 0.15) is 6.61 Å². The Morgan fingerprint density at radius 2 is 1.75 bits per heavy atom. The summed E-state index contributed by atoms with van der Waals surface area (Å²) in [6.07, 6.45) is 4.83. The molecule has 0 N–H and O–H groups in total. The van der Waals surface area contributed by atoms with Crippen LogP contribution in [0, 0.1) is 18.8 Å². The Balaban J connectivity index is 1.43. The molecule has 2 aromatic rings. The zero-order chi connectivity index (χ0) is 22.8. The van der Waals surface area contributed by atoms with Crippen LogP contribution in [0.5, 0.6) is 0 Å². The van der Waals surface area contributed by atoms with Crippen LogP contribution in [-0.2, 0) is 30.5 Å². The largest absolute Gasteiger partial charge is 0.465 e. The van der Waals surface area contributed by atoms with Gasteiger partial charge in [-0.15, -0.1) is 0 Å². The van der Waals surface area contributed by atoms with Crippen molar-refractivity contribution in [2.75, 3.05) is 13.7 Å². The third-order valence-electron chi connectivity index (χ3n) is 6.12. The van der Waals surface area contributed by atoms with Crippen LogP contribution in [-0.4, -0.2) is 47.3 Å². The summed E-state index contributed by atoms with van der Waals surface area (Å²) in [7, 11) is 1.28. The van der Waals surface area contributed by atoms with Crippen LogP contribution in [0.4, 0.5) is 0 Å². The normalized spacial score (nSPS) is 19.9. The molecule has 1 aromatic carbocycles. The maximum atomic E-state index is 12.5. The third-order valence-corrected chi connectivity index (χ3v) is 6.12. The molecule has 8 heteroatoms. The molecule has 0 spiro atoms. The molecule has 2 heterocycles. The molecule has 0 unspecified atom stereocenters. The summed E-state index contributed by atoms with van der Waals surface area (Å²) < 4.78 is 10.2. The van der Waals surface area contributed by atoms with Gasteiger partial charge in [0, 0.05) is 11.9 Å². The Morgan fingerprint density at radius 3 is 2.41 bits per heavy atom. The molecular weight excluding hydrogens is 412 g/mol. The van der Waals surface area contributed by atoms with Crippen molar-refractivity contribution in [2.45, 2.75) is 32.8 Å². The van der Waals surface area contributed by atoms with Gasteiger partial charge >= 0.3 is 11.9 Å². The smallest absolute Gasteiger partial charge is 0.340 e. The topological polar surface area (TPSA) is 103 Å². The molecular formula is C24H24N2O6. The number of para-hydroxylation sites is 1. The number of carbonyl (C=O) groups is 4. The molecule has 32 heavy (non-hydrogen) atoms. The average Bonchev–Trinajstić information content (AvgIpc) is 3.05. The van der Waals surface area contributed by atoms with Gasteiger partial charge in [0.15, 0.2) is 0 Å². The van der Waals surface area contributed by atoms with E-state index in [-0.39, 0.29) is 48.8 Å². The zero-order valence-corrected chi connectivity index (χ0v) is 18.0. The quantitative estimate of drug-likeness (QED) is 0.390. The van der Waals surface area contributed by atoms with E-state index in [0.717, 1.165) is 5.39 Å². The number of imide groups is 1. The number of carbonyl (C=O) groups excluding carboxylic acids is 4. The van der Waals surface area contributed by atoms with Crippen LogP contribution in [0.15, 0.2) is 36.4 Å². The number of methoxy groups -OCH3 is 1. The predicted octanol–water partition coefficient (Wildman–Crippen LogP) is 2.71. The Morgan fingerprint density at radius 1 is 1.09 bits per heavy atom. The average molecular weight is 436 g/mol. The molecule has 166 valence electrons. The van der Waals surface area contributed by atoms with Crippen molar-refractivity contribution in [2.24, 2.45) is 11.8 Å². The minimum Gasteiger partial charge on any atom is -0.465 e. The third kappa shape index (κ3) is 3.88. The highest BCUT2D eigenvalue weighted by Crippen LogP contribution is 2.35. The van der Waals surface area contributed by atoms with E-state index in [0.29, 0.717) is 29.6 Å². The number of hydrogen-bond donors (Lipinski definition) is 0. The Bertz CT molecular complexity index is 1110. The first kappa shape index (κ1) is 21.7. The molecule has 1 saturated heterocycles. The van der Waals surface area contributed by atoms with Gasteiger partial charge < -0.3 is 9.47 Å². The van der Waals surface area contributed by atoms with Gasteiger partial charge in [0.05, 0.1) is 42.1 Å². The van der Waals surface area contributed by atoms with Gasteiger partial charge in [-0.1, -0.05) is 30.4 Å². The first-order valence-electron chi connectivity index (χ1n) is 10.5. The van der Waals surface area contributed by atoms with Crippen molar-refractivity contribution in [3.63, 3.8) is 0 Å². The van der Waals surface area contributed by atoms with Crippen LogP contribution in [0.3, 0.4) is 0 Å². The second-order valence-corrected chi connectivity index (χ2v) is 7.96. The van der Waals surface area contributed by atoms with Crippen molar-refractivity contribution in [3.8, 4) is 0 Å². The second-order valence-electron chi connectivity index (χ2n) is 7.96. The van der Waals surface area contributed by atoms with Crippen LogP contribution in [0.25, 0.3) is 10.9 Å². The summed E-state index contributed by atoms with van der Waals surface area (Å²) in [5, 5.41) is 0.810. The van der Waals surface area contributed by atoms with Crippen molar-refractivity contribution in [3.05, 3.63) is 53.2 Å². The lowest BCUT2D eigenvalue weighted by molar-refractivity contribution is -0.146. The van der Waals surface area contributed by atoms with E-state index in [1.54, 1.807) is 6.92 Å². The summed E-state index contributed by atoms with van der Waals surface area (Å²) in [5.41, 5.74) is 1.93. The predicted molar refractivity (Wildman–Crippen MR) is 114 cm³/mol. The van der Waals surface area contributed by atoms with Crippen LogP contribution >= 0.6 is 0 Å². The van der Waals surface area contributed by atoms with E-state index in [1.807, 2.05) is 36.4 Å². The molecule has 2 amide bonds. The van der Waals surface area contributed by atoms with E-state index in [4.69, 9.17) is 9.47 Å². The SMILES string of the molecule is COC(=O)c1c(COC(=O)CCN2C(=O)[C@H]3CC=CC[C@H]3C2=O)nc2ccccc2c1C. The number of allylic oxidation sites excluding steroid dienone is 2. The standard InChI is InChI=1S/C24H24N2O6/c1-14-15-7-5-6-10-18(15)25-19(21(14)24(30)31-2)13-32-20(27)11-12-26-22(28)16-8-3-4-9-17(16)23(26)29/h3-7,10,16-17H,8-9,11-13H2,1-2H3/t16-,17+. The Kier molecular flexibility index (Phi) is 6.03. The molecule has 0 saturated carbocycles. The number of esters is 2. The number of rotatable bonds is 6. The van der Waals surface area contributed by atoms with Gasteiger partial charge in [-0.05, 0) is 31.4 Å². The number of fused-ring (bicyclic) bond motifs is 2. The molecule has 1 aliphatic heterocycles. The lowest BCUT2D eigenvalue weighted by Gasteiger charge is -2.15. The molecule has 8 nitrogen and oxygen atoms in total. The van der Waals surface area contributed by atoms with E-state index in [1.165, 1.54) is 12.0 Å². The van der Waals surface area contributed by atoms with E-state index >= 15 is 0 Å². The fourth-order valence-corrected chi connectivity index (χ4v) is 4.43. The Hall–Kier alpha value is -3.55. The zero-order valence-electron chi connectivity index (χ0n) is 18.0. The van der Waals surface area contributed by atoms with Crippen molar-refractivity contribution in [1.29, 1.82) is 0 Å². The molecule has 2 atom stereocenters. The maximum Gasteiger partial charge on any atom is 0.340 e. The van der Waals surface area contributed by atoms with Crippen molar-refractivity contribution >= 4 is 34.7 Å². The summed E-state index contributed by atoms with van der Waals surface area (Å²) >= 11 is 0. The van der Waals surface area contributed by atoms with Crippen molar-refractivity contribution in [1.82, 2.24) is 9.88 Å². The number of nitrogens with zero attached hydrogens (tertiary/aromatic N) is 2. The second kappa shape index (κ2) is 8.90. The molecule has 4 rings (SSSR count). The highest BCUT2D eigenvalue weighted by molar-refractivity contribution is 6.05. The molecule has 1 fully saturated rings. The fourth-order valence-electron chi connectivity index (χ4n) is 4.43. The minimum absolute atomic E-state index is 0.0163. The van der Waals surface area contributed by atoms with Crippen LogP contribution in [0.1, 0.15) is 40.9 Å². The van der Waals surface area contributed by atoms with E-state index in [9.17, 15) is 19.2 Å². The van der Waals surface area contributed by atoms with E-state index < -0.39 is 11.9 Å². The van der Waals surface area contributed by atoms with Gasteiger partial charge in [-0.2, -0.15) is 0 Å². The Labute approximate surface area is 185 Å². The summed E-state index contributed by atoms with van der Waals surface area (Å²) in [4.78, 5) is 55.4. The molecule has 0 radical (unpaired) electrons.